The van der Waals surface area contributed by atoms with Crippen molar-refractivity contribution in [1.29, 1.82) is 0 Å². The minimum absolute atomic E-state index is 0.0224. The van der Waals surface area contributed by atoms with Crippen molar-refractivity contribution in [3.63, 3.8) is 0 Å². The molecule has 0 saturated heterocycles. The van der Waals surface area contributed by atoms with Gasteiger partial charge in [-0.05, 0) is 18.2 Å². The first-order valence-electron chi connectivity index (χ1n) is 6.26. The molecule has 9 heteroatoms. The second-order valence-electron chi connectivity index (χ2n) is 4.18. The summed E-state index contributed by atoms with van der Waals surface area (Å²) in [5.74, 6) is -0.258. The first-order chi connectivity index (χ1) is 10.3. The third-order valence-electron chi connectivity index (χ3n) is 2.65. The molecular weight excluding hydrogens is 341 g/mol. The molecule has 0 radical (unpaired) electrons. The second-order valence-corrected chi connectivity index (χ2v) is 5.66. The van der Waals surface area contributed by atoms with Crippen LogP contribution in [0.5, 0.6) is 0 Å². The molecule has 4 nitrogen and oxygen atoms in total. The van der Waals surface area contributed by atoms with Gasteiger partial charge in [0.1, 0.15) is 0 Å². The van der Waals surface area contributed by atoms with Crippen LogP contribution in [0.25, 0.3) is 0 Å². The molecule has 0 bridgehead atoms. The van der Waals surface area contributed by atoms with Gasteiger partial charge in [0.05, 0.1) is 26.7 Å². The summed E-state index contributed by atoms with van der Waals surface area (Å²) in [5.41, 5.74) is -1.42. The van der Waals surface area contributed by atoms with Crippen LogP contribution >= 0.6 is 23.4 Å². The molecule has 1 aromatic carbocycles. The Hall–Kier alpha value is -1.41. The number of nitrogens with one attached hydrogen (secondary N) is 2. The Morgan fingerprint density at radius 2 is 2.09 bits per heavy atom. The molecule has 0 spiro atoms. The predicted octanol–water partition coefficient (Wildman–Crippen LogP) is 3.79. The van der Waals surface area contributed by atoms with E-state index in [-0.39, 0.29) is 16.1 Å². The van der Waals surface area contributed by atoms with Crippen LogP contribution in [0.3, 0.4) is 0 Å². The molecule has 1 rings (SSSR count). The maximum Gasteiger partial charge on any atom is 0.417 e. The molecule has 22 heavy (non-hydrogen) atoms. The van der Waals surface area contributed by atoms with Gasteiger partial charge in [0, 0.05) is 7.05 Å². The normalized spacial score (nSPS) is 11.2. The van der Waals surface area contributed by atoms with E-state index in [0.717, 1.165) is 11.8 Å². The summed E-state index contributed by atoms with van der Waals surface area (Å²) in [4.78, 5) is 22.6. The number of carbonyl (C=O) groups is 2. The fourth-order valence-corrected chi connectivity index (χ4v) is 3.07. The lowest BCUT2D eigenvalue weighted by molar-refractivity contribution is -0.137. The number of thioether (sulfide) groups is 1. The van der Waals surface area contributed by atoms with Gasteiger partial charge in [0.15, 0.2) is 0 Å². The van der Waals surface area contributed by atoms with E-state index in [2.05, 4.69) is 10.6 Å². The van der Waals surface area contributed by atoms with Crippen molar-refractivity contribution in [2.45, 2.75) is 24.4 Å². The number of carbonyl (C=O) groups excluding carboxylic acids is 2. The van der Waals surface area contributed by atoms with E-state index in [9.17, 15) is 22.8 Å². The van der Waals surface area contributed by atoms with E-state index in [1.807, 2.05) is 6.92 Å². The van der Waals surface area contributed by atoms with Gasteiger partial charge in [-0.3, -0.25) is 9.59 Å². The number of hydrogen-bond acceptors (Lipinski definition) is 3. The zero-order valence-corrected chi connectivity index (χ0v) is 13.4. The molecule has 0 saturated carbocycles. The Bertz CT molecular complexity index is 579. The average molecular weight is 355 g/mol. The Kier molecular flexibility index (Phi) is 6.55. The summed E-state index contributed by atoms with van der Waals surface area (Å²) in [6.07, 6.45) is -3.73. The number of halogens is 4. The smallest absolute Gasteiger partial charge is 0.355 e. The van der Waals surface area contributed by atoms with Gasteiger partial charge in [0.25, 0.3) is 5.91 Å². The zero-order chi connectivity index (χ0) is 16.9. The number of anilines is 1. The summed E-state index contributed by atoms with van der Waals surface area (Å²) in [6.45, 7) is 1.85. The molecule has 122 valence electrons. The number of rotatable bonds is 6. The minimum Gasteiger partial charge on any atom is -0.355 e. The van der Waals surface area contributed by atoms with Gasteiger partial charge in [0.2, 0.25) is 6.41 Å². The van der Waals surface area contributed by atoms with Crippen molar-refractivity contribution in [3.05, 3.63) is 22.2 Å². The van der Waals surface area contributed by atoms with Crippen molar-refractivity contribution in [3.8, 4) is 0 Å². The van der Waals surface area contributed by atoms with Crippen LogP contribution in [0.1, 0.15) is 29.3 Å². The third-order valence-corrected chi connectivity index (χ3v) is 4.47. The molecular formula is C13H14ClF3N2O2S. The van der Waals surface area contributed by atoms with Crippen molar-refractivity contribution < 1.29 is 22.8 Å². The Morgan fingerprint density at radius 1 is 1.45 bits per heavy atom. The lowest BCUT2D eigenvalue weighted by Crippen LogP contribution is -2.21. The molecule has 0 fully saturated rings. The van der Waals surface area contributed by atoms with Crippen molar-refractivity contribution >= 4 is 41.4 Å². The van der Waals surface area contributed by atoms with Crippen LogP contribution in [-0.2, 0) is 11.0 Å². The summed E-state index contributed by atoms with van der Waals surface area (Å²) in [6, 6.07) is 0.642. The SMILES string of the molecule is CCCSc1c(Cl)c(C(F)(F)F)cc(C(=O)NC)c1NC=O. The largest absolute Gasteiger partial charge is 0.417 e. The van der Waals surface area contributed by atoms with Crippen LogP contribution in [0.2, 0.25) is 5.02 Å². The number of amides is 2. The maximum atomic E-state index is 13.1. The molecule has 1 aromatic rings. The molecule has 2 N–H and O–H groups in total. The summed E-state index contributed by atoms with van der Waals surface area (Å²) < 4.78 is 39.3. The van der Waals surface area contributed by atoms with E-state index >= 15 is 0 Å². The van der Waals surface area contributed by atoms with Crippen molar-refractivity contribution in [1.82, 2.24) is 5.32 Å². The maximum absolute atomic E-state index is 13.1. The summed E-state index contributed by atoms with van der Waals surface area (Å²) >= 11 is 6.91. The number of benzene rings is 1. The molecule has 0 heterocycles. The number of alkyl halides is 3. The lowest BCUT2D eigenvalue weighted by atomic mass is 10.1. The highest BCUT2D eigenvalue weighted by molar-refractivity contribution is 7.99. The molecule has 0 aliphatic rings. The Morgan fingerprint density at radius 3 is 2.55 bits per heavy atom. The van der Waals surface area contributed by atoms with Gasteiger partial charge >= 0.3 is 6.18 Å². The van der Waals surface area contributed by atoms with E-state index in [4.69, 9.17) is 11.6 Å². The second kappa shape index (κ2) is 7.73. The molecule has 0 atom stereocenters. The van der Waals surface area contributed by atoms with Crippen molar-refractivity contribution in [2.24, 2.45) is 0 Å². The molecule has 0 aliphatic carbocycles. The van der Waals surface area contributed by atoms with Crippen LogP contribution in [0.4, 0.5) is 18.9 Å². The molecule has 2 amide bonds. The summed E-state index contributed by atoms with van der Waals surface area (Å²) in [5, 5.41) is 4.00. The third kappa shape index (κ3) is 4.07. The average Bonchev–Trinajstić information content (AvgIpc) is 2.45. The van der Waals surface area contributed by atoms with E-state index in [1.165, 1.54) is 7.05 Å². The Labute approximate surface area is 134 Å². The predicted molar refractivity (Wildman–Crippen MR) is 80.5 cm³/mol. The Balaban J connectivity index is 3.66. The molecule has 0 aromatic heterocycles. The van der Waals surface area contributed by atoms with Gasteiger partial charge in [-0.15, -0.1) is 11.8 Å². The van der Waals surface area contributed by atoms with Crippen LogP contribution < -0.4 is 10.6 Å². The van der Waals surface area contributed by atoms with E-state index in [0.29, 0.717) is 24.7 Å². The highest BCUT2D eigenvalue weighted by Crippen LogP contribution is 2.45. The molecule has 0 unspecified atom stereocenters. The topological polar surface area (TPSA) is 58.2 Å². The quantitative estimate of drug-likeness (QED) is 0.603. The van der Waals surface area contributed by atoms with Gasteiger partial charge in [-0.1, -0.05) is 18.5 Å². The number of hydrogen-bond donors (Lipinski definition) is 2. The standard InChI is InChI=1S/C13H14ClF3N2O2S/c1-3-4-22-11-9(14)8(13(15,16)17)5-7(12(21)18-2)10(11)19-6-20/h5-6H,3-4H2,1-2H3,(H,18,21)(H,19,20). The highest BCUT2D eigenvalue weighted by atomic mass is 35.5. The zero-order valence-electron chi connectivity index (χ0n) is 11.8. The van der Waals surface area contributed by atoms with E-state index < -0.39 is 22.7 Å². The fraction of sp³-hybridized carbons (Fsp3) is 0.385. The van der Waals surface area contributed by atoms with Gasteiger partial charge in [-0.2, -0.15) is 13.2 Å². The fourth-order valence-electron chi connectivity index (χ4n) is 1.70. The van der Waals surface area contributed by atoms with Crippen LogP contribution in [-0.4, -0.2) is 25.1 Å². The molecule has 0 aliphatic heterocycles. The van der Waals surface area contributed by atoms with Crippen molar-refractivity contribution in [2.75, 3.05) is 18.1 Å². The summed E-state index contributed by atoms with van der Waals surface area (Å²) in [7, 11) is 1.29. The van der Waals surface area contributed by atoms with Gasteiger partial charge < -0.3 is 10.6 Å². The highest BCUT2D eigenvalue weighted by Gasteiger charge is 2.36. The lowest BCUT2D eigenvalue weighted by Gasteiger charge is -2.19. The minimum atomic E-state index is -4.71. The van der Waals surface area contributed by atoms with Gasteiger partial charge in [-0.25, -0.2) is 0 Å². The van der Waals surface area contributed by atoms with Crippen LogP contribution in [0, 0.1) is 0 Å². The van der Waals surface area contributed by atoms with Crippen LogP contribution in [0.15, 0.2) is 11.0 Å². The van der Waals surface area contributed by atoms with E-state index in [1.54, 1.807) is 0 Å². The first-order valence-corrected chi connectivity index (χ1v) is 7.63. The first kappa shape index (κ1) is 18.6. The monoisotopic (exact) mass is 354 g/mol.